The lowest BCUT2D eigenvalue weighted by Crippen LogP contribution is -2.09. The second kappa shape index (κ2) is 6.42. The van der Waals surface area contributed by atoms with Crippen molar-refractivity contribution in [2.45, 2.75) is 13.0 Å². The van der Waals surface area contributed by atoms with E-state index < -0.39 is 5.82 Å². The molecular formula is C17H12BrClF2N2. The van der Waals surface area contributed by atoms with Gasteiger partial charge in [0.2, 0.25) is 0 Å². The van der Waals surface area contributed by atoms with Crippen LogP contribution < -0.4 is 5.32 Å². The average Bonchev–Trinajstić information content (AvgIpc) is 2.50. The molecule has 3 aromatic rings. The number of benzene rings is 2. The Balaban J connectivity index is 2.09. The molecule has 1 atom stereocenters. The van der Waals surface area contributed by atoms with E-state index in [0.717, 1.165) is 0 Å². The Kier molecular flexibility index (Phi) is 4.50. The molecule has 118 valence electrons. The molecule has 1 N–H and O–H groups in total. The van der Waals surface area contributed by atoms with Crippen LogP contribution in [0.4, 0.5) is 14.5 Å². The quantitative estimate of drug-likeness (QED) is 0.577. The van der Waals surface area contributed by atoms with Crippen LogP contribution in [0.5, 0.6) is 0 Å². The number of anilines is 1. The number of nitrogens with one attached hydrogen (secondary N) is 1. The Hall–Kier alpha value is -1.72. The number of nitrogens with zero attached hydrogens (tertiary/aromatic N) is 1. The Labute approximate surface area is 145 Å². The maximum Gasteiger partial charge on any atom is 0.150 e. The Bertz CT molecular complexity index is 886. The van der Waals surface area contributed by atoms with Crippen molar-refractivity contribution in [2.24, 2.45) is 0 Å². The molecule has 6 heteroatoms. The molecule has 0 saturated carbocycles. The monoisotopic (exact) mass is 396 g/mol. The van der Waals surface area contributed by atoms with Crippen LogP contribution >= 0.6 is 27.5 Å². The molecule has 0 aliphatic rings. The Morgan fingerprint density at radius 3 is 2.65 bits per heavy atom. The third-order valence-electron chi connectivity index (χ3n) is 3.58. The highest BCUT2D eigenvalue weighted by Crippen LogP contribution is 2.35. The second-order valence-corrected chi connectivity index (χ2v) is 6.48. The zero-order valence-electron chi connectivity index (χ0n) is 12.1. The summed E-state index contributed by atoms with van der Waals surface area (Å²) in [6.07, 6.45) is 1.39. The molecule has 0 aliphatic heterocycles. The standard InChI is InChI=1S/C17H12BrClF2N2/c1-9(11-4-2-3-5-14(11)20)23-16-12-6-10(18)7-15(21)17(12)22-8-13(16)19/h2-9H,1H3,(H,22,23). The van der Waals surface area contributed by atoms with Gasteiger partial charge in [0.15, 0.2) is 5.82 Å². The molecule has 1 heterocycles. The summed E-state index contributed by atoms with van der Waals surface area (Å²) in [5.74, 6) is -0.762. The number of rotatable bonds is 3. The largest absolute Gasteiger partial charge is 0.377 e. The van der Waals surface area contributed by atoms with E-state index in [1.807, 2.05) is 6.92 Å². The molecule has 3 rings (SSSR count). The van der Waals surface area contributed by atoms with Gasteiger partial charge in [0.1, 0.15) is 11.3 Å². The molecule has 0 bridgehead atoms. The van der Waals surface area contributed by atoms with Crippen LogP contribution in [0.2, 0.25) is 5.02 Å². The highest BCUT2D eigenvalue weighted by molar-refractivity contribution is 9.10. The lowest BCUT2D eigenvalue weighted by Gasteiger charge is -2.19. The molecule has 0 saturated heterocycles. The van der Waals surface area contributed by atoms with E-state index >= 15 is 0 Å². The molecule has 0 spiro atoms. The minimum absolute atomic E-state index is 0.209. The normalized spacial score (nSPS) is 12.4. The first-order valence-corrected chi connectivity index (χ1v) is 8.08. The van der Waals surface area contributed by atoms with Gasteiger partial charge in [-0.15, -0.1) is 0 Å². The lowest BCUT2D eigenvalue weighted by molar-refractivity contribution is 0.600. The molecule has 0 radical (unpaired) electrons. The minimum Gasteiger partial charge on any atom is -0.377 e. The zero-order chi connectivity index (χ0) is 16.6. The van der Waals surface area contributed by atoms with Crippen LogP contribution in [0.15, 0.2) is 47.1 Å². The second-order valence-electron chi connectivity index (χ2n) is 5.15. The number of pyridine rings is 1. The first-order valence-electron chi connectivity index (χ1n) is 6.91. The first-order chi connectivity index (χ1) is 11.0. The van der Waals surface area contributed by atoms with E-state index in [1.165, 1.54) is 18.3 Å². The summed E-state index contributed by atoms with van der Waals surface area (Å²) >= 11 is 9.49. The van der Waals surface area contributed by atoms with E-state index in [9.17, 15) is 8.78 Å². The van der Waals surface area contributed by atoms with Crippen LogP contribution in [0.25, 0.3) is 10.9 Å². The lowest BCUT2D eigenvalue weighted by atomic mass is 10.1. The van der Waals surface area contributed by atoms with Crippen molar-refractivity contribution in [2.75, 3.05) is 5.32 Å². The maximum absolute atomic E-state index is 14.1. The van der Waals surface area contributed by atoms with Crippen molar-refractivity contribution >= 4 is 44.1 Å². The number of fused-ring (bicyclic) bond motifs is 1. The van der Waals surface area contributed by atoms with E-state index in [-0.39, 0.29) is 17.4 Å². The van der Waals surface area contributed by atoms with E-state index in [4.69, 9.17) is 11.6 Å². The topological polar surface area (TPSA) is 24.9 Å². The number of hydrogen-bond donors (Lipinski definition) is 1. The summed E-state index contributed by atoms with van der Waals surface area (Å²) in [6, 6.07) is 9.21. The minimum atomic E-state index is -0.451. The molecule has 23 heavy (non-hydrogen) atoms. The summed E-state index contributed by atoms with van der Waals surface area (Å²) in [7, 11) is 0. The molecule has 2 nitrogen and oxygen atoms in total. The molecule has 0 amide bonds. The number of hydrogen-bond acceptors (Lipinski definition) is 2. The van der Waals surface area contributed by atoms with Gasteiger partial charge in [0, 0.05) is 21.6 Å². The average molecular weight is 398 g/mol. The smallest absolute Gasteiger partial charge is 0.150 e. The van der Waals surface area contributed by atoms with Gasteiger partial charge < -0.3 is 5.32 Å². The molecular weight excluding hydrogens is 386 g/mol. The Morgan fingerprint density at radius 1 is 1.17 bits per heavy atom. The molecule has 2 aromatic carbocycles. The predicted molar refractivity (Wildman–Crippen MR) is 92.8 cm³/mol. The van der Waals surface area contributed by atoms with Crippen molar-refractivity contribution in [1.29, 1.82) is 0 Å². The van der Waals surface area contributed by atoms with Gasteiger partial charge in [0.25, 0.3) is 0 Å². The van der Waals surface area contributed by atoms with Gasteiger partial charge in [-0.05, 0) is 25.1 Å². The van der Waals surface area contributed by atoms with Crippen molar-refractivity contribution in [3.05, 3.63) is 69.3 Å². The van der Waals surface area contributed by atoms with Gasteiger partial charge >= 0.3 is 0 Å². The number of aromatic nitrogens is 1. The fourth-order valence-electron chi connectivity index (χ4n) is 2.47. The van der Waals surface area contributed by atoms with E-state index in [2.05, 4.69) is 26.2 Å². The Morgan fingerprint density at radius 2 is 1.91 bits per heavy atom. The molecule has 1 aromatic heterocycles. The van der Waals surface area contributed by atoms with Crippen molar-refractivity contribution in [3.63, 3.8) is 0 Å². The fraction of sp³-hybridized carbons (Fsp3) is 0.118. The molecule has 0 fully saturated rings. The summed E-state index contributed by atoms with van der Waals surface area (Å²) < 4.78 is 28.6. The van der Waals surface area contributed by atoms with Crippen LogP contribution in [0.1, 0.15) is 18.5 Å². The van der Waals surface area contributed by atoms with Gasteiger partial charge in [-0.1, -0.05) is 45.7 Å². The third-order valence-corrected chi connectivity index (χ3v) is 4.32. The van der Waals surface area contributed by atoms with Crippen LogP contribution in [-0.2, 0) is 0 Å². The third kappa shape index (κ3) is 3.16. The summed E-state index contributed by atoms with van der Waals surface area (Å²) in [6.45, 7) is 1.81. The van der Waals surface area contributed by atoms with Gasteiger partial charge in [-0.25, -0.2) is 8.78 Å². The van der Waals surface area contributed by atoms with Crippen molar-refractivity contribution in [3.8, 4) is 0 Å². The van der Waals surface area contributed by atoms with Crippen LogP contribution in [0, 0.1) is 11.6 Å². The predicted octanol–water partition coefficient (Wildman–Crippen LogP) is 6.10. The summed E-state index contributed by atoms with van der Waals surface area (Å²) in [5, 5.41) is 4.05. The number of halogens is 4. The van der Waals surface area contributed by atoms with E-state index in [1.54, 1.807) is 24.3 Å². The SMILES string of the molecule is CC(Nc1c(Cl)cnc2c(F)cc(Br)cc12)c1ccccc1F. The van der Waals surface area contributed by atoms with Crippen molar-refractivity contribution < 1.29 is 8.78 Å². The highest BCUT2D eigenvalue weighted by atomic mass is 79.9. The van der Waals surface area contributed by atoms with Crippen LogP contribution in [-0.4, -0.2) is 4.98 Å². The molecule has 1 unspecified atom stereocenters. The summed E-state index contributed by atoms with van der Waals surface area (Å²) in [5.41, 5.74) is 1.23. The summed E-state index contributed by atoms with van der Waals surface area (Å²) in [4.78, 5) is 4.04. The fourth-order valence-corrected chi connectivity index (χ4v) is 3.10. The molecule has 0 aliphatic carbocycles. The van der Waals surface area contributed by atoms with E-state index in [0.29, 0.717) is 26.1 Å². The van der Waals surface area contributed by atoms with Crippen molar-refractivity contribution in [1.82, 2.24) is 4.98 Å². The van der Waals surface area contributed by atoms with Gasteiger partial charge in [0.05, 0.1) is 16.8 Å². The van der Waals surface area contributed by atoms with Gasteiger partial charge in [-0.3, -0.25) is 4.98 Å². The van der Waals surface area contributed by atoms with Gasteiger partial charge in [-0.2, -0.15) is 0 Å². The highest BCUT2D eigenvalue weighted by Gasteiger charge is 2.16. The van der Waals surface area contributed by atoms with Crippen LogP contribution in [0.3, 0.4) is 0 Å². The first kappa shape index (κ1) is 16.1. The zero-order valence-corrected chi connectivity index (χ0v) is 14.4. The maximum atomic E-state index is 14.1.